The lowest BCUT2D eigenvalue weighted by Gasteiger charge is -2.18. The Morgan fingerprint density at radius 2 is 1.92 bits per heavy atom. The van der Waals surface area contributed by atoms with Crippen LogP contribution in [0.2, 0.25) is 0 Å². The predicted molar refractivity (Wildman–Crippen MR) is 104 cm³/mol. The third-order valence-corrected chi connectivity index (χ3v) is 6.64. The number of hydrogen-bond donors (Lipinski definition) is 1. The van der Waals surface area contributed by atoms with Crippen molar-refractivity contribution in [2.45, 2.75) is 25.7 Å². The first-order valence-corrected chi connectivity index (χ1v) is 10.6. The molecule has 1 aliphatic heterocycles. The number of carbonyl (C=O) groups is 1. The van der Waals surface area contributed by atoms with Gasteiger partial charge in [0, 0.05) is 24.6 Å². The maximum atomic E-state index is 12.5. The van der Waals surface area contributed by atoms with Gasteiger partial charge < -0.3 is 5.32 Å². The Morgan fingerprint density at radius 3 is 2.58 bits per heavy atom. The molecule has 1 atom stereocenters. The fraction of sp³-hybridized carbons (Fsp3) is 0.350. The highest BCUT2D eigenvalue weighted by molar-refractivity contribution is 7.93. The number of anilines is 1. The number of rotatable bonds is 6. The summed E-state index contributed by atoms with van der Waals surface area (Å²) in [4.78, 5) is 12.5. The van der Waals surface area contributed by atoms with E-state index in [4.69, 9.17) is 0 Å². The largest absolute Gasteiger partial charge is 0.351 e. The fourth-order valence-electron chi connectivity index (χ4n) is 3.27. The molecule has 3 rings (SSSR count). The molecule has 0 radical (unpaired) electrons. The number of nitrogens with zero attached hydrogens (tertiary/aromatic N) is 1. The molecule has 0 bridgehead atoms. The number of benzene rings is 2. The second kappa shape index (κ2) is 7.91. The molecular formula is C20H24N2O3S. The summed E-state index contributed by atoms with van der Waals surface area (Å²) in [6, 6.07) is 16.9. The van der Waals surface area contributed by atoms with Crippen LogP contribution in [-0.2, 0) is 10.0 Å². The van der Waals surface area contributed by atoms with Gasteiger partial charge in [-0.15, -0.1) is 0 Å². The van der Waals surface area contributed by atoms with Gasteiger partial charge in [-0.25, -0.2) is 8.42 Å². The molecule has 1 fully saturated rings. The van der Waals surface area contributed by atoms with E-state index in [9.17, 15) is 13.2 Å². The monoisotopic (exact) mass is 372 g/mol. The van der Waals surface area contributed by atoms with Gasteiger partial charge in [0.05, 0.1) is 11.4 Å². The molecule has 0 saturated carbocycles. The average Bonchev–Trinajstić information content (AvgIpc) is 3.02. The Balaban J connectivity index is 1.69. The molecular weight excluding hydrogens is 348 g/mol. The summed E-state index contributed by atoms with van der Waals surface area (Å²) in [5.41, 5.74) is 2.24. The molecule has 1 amide bonds. The molecule has 6 heteroatoms. The maximum absolute atomic E-state index is 12.5. The smallest absolute Gasteiger partial charge is 0.251 e. The third kappa shape index (κ3) is 4.07. The van der Waals surface area contributed by atoms with E-state index in [1.54, 1.807) is 24.3 Å². The lowest BCUT2D eigenvalue weighted by molar-refractivity contribution is 0.0951. The Hall–Kier alpha value is -2.34. The zero-order valence-corrected chi connectivity index (χ0v) is 15.7. The highest BCUT2D eigenvalue weighted by atomic mass is 32.2. The number of carbonyl (C=O) groups excluding carboxylic acids is 1. The summed E-state index contributed by atoms with van der Waals surface area (Å²) in [7, 11) is -3.25. The highest BCUT2D eigenvalue weighted by Crippen LogP contribution is 2.25. The van der Waals surface area contributed by atoms with Crippen molar-refractivity contribution in [2.24, 2.45) is 0 Å². The van der Waals surface area contributed by atoms with Gasteiger partial charge in [0.2, 0.25) is 10.0 Å². The SMILES string of the molecule is CCC(CNC(=O)c1cccc(N2CCCS2(=O)=O)c1)c1ccccc1. The minimum absolute atomic E-state index is 0.165. The molecule has 1 saturated heterocycles. The number of nitrogens with one attached hydrogen (secondary N) is 1. The van der Waals surface area contributed by atoms with Crippen LogP contribution in [0.3, 0.4) is 0 Å². The Morgan fingerprint density at radius 1 is 1.15 bits per heavy atom. The second-order valence-electron chi connectivity index (χ2n) is 6.52. The molecule has 1 aliphatic rings. The van der Waals surface area contributed by atoms with Gasteiger partial charge in [0.15, 0.2) is 0 Å². The van der Waals surface area contributed by atoms with Crippen LogP contribution in [0.25, 0.3) is 0 Å². The first-order chi connectivity index (χ1) is 12.5. The molecule has 0 spiro atoms. The van der Waals surface area contributed by atoms with E-state index in [1.165, 1.54) is 9.87 Å². The molecule has 2 aromatic rings. The van der Waals surface area contributed by atoms with Crippen molar-refractivity contribution in [1.82, 2.24) is 5.32 Å². The van der Waals surface area contributed by atoms with E-state index in [0.717, 1.165) is 6.42 Å². The molecule has 1 N–H and O–H groups in total. The molecule has 5 nitrogen and oxygen atoms in total. The molecule has 26 heavy (non-hydrogen) atoms. The molecule has 0 aromatic heterocycles. The Bertz CT molecular complexity index is 866. The standard InChI is InChI=1S/C20H24N2O3S/c1-2-16(17-8-4-3-5-9-17)15-21-20(23)18-10-6-11-19(14-18)22-12-7-13-26(22,24)25/h3-6,8-11,14,16H,2,7,12-13,15H2,1H3,(H,21,23). The van der Waals surface area contributed by atoms with Gasteiger partial charge in [-0.05, 0) is 36.6 Å². The van der Waals surface area contributed by atoms with Crippen LogP contribution in [0, 0.1) is 0 Å². The summed E-state index contributed by atoms with van der Waals surface area (Å²) in [5.74, 6) is 0.235. The van der Waals surface area contributed by atoms with Crippen molar-refractivity contribution in [3.8, 4) is 0 Å². The first kappa shape index (κ1) is 18.5. The van der Waals surface area contributed by atoms with Crippen molar-refractivity contribution < 1.29 is 13.2 Å². The van der Waals surface area contributed by atoms with Crippen LogP contribution in [0.15, 0.2) is 54.6 Å². The van der Waals surface area contributed by atoms with Crippen molar-refractivity contribution in [3.63, 3.8) is 0 Å². The second-order valence-corrected chi connectivity index (χ2v) is 8.53. The van der Waals surface area contributed by atoms with E-state index in [2.05, 4.69) is 24.4 Å². The Labute approximate surface area is 155 Å². The van der Waals surface area contributed by atoms with Gasteiger partial charge in [0.1, 0.15) is 0 Å². The zero-order chi connectivity index (χ0) is 18.6. The van der Waals surface area contributed by atoms with Gasteiger partial charge >= 0.3 is 0 Å². The topological polar surface area (TPSA) is 66.5 Å². The van der Waals surface area contributed by atoms with E-state index in [1.807, 2.05) is 18.2 Å². The van der Waals surface area contributed by atoms with Crippen LogP contribution in [0.1, 0.15) is 41.6 Å². The van der Waals surface area contributed by atoms with E-state index >= 15 is 0 Å². The predicted octanol–water partition coefficient (Wildman–Crippen LogP) is 3.15. The van der Waals surface area contributed by atoms with Crippen molar-refractivity contribution in [2.75, 3.05) is 23.1 Å². The normalized spacial score (nSPS) is 17.0. The molecule has 138 valence electrons. The average molecular weight is 372 g/mol. The van der Waals surface area contributed by atoms with Gasteiger partial charge in [0.25, 0.3) is 5.91 Å². The van der Waals surface area contributed by atoms with Gasteiger partial charge in [-0.1, -0.05) is 43.3 Å². The van der Waals surface area contributed by atoms with Crippen molar-refractivity contribution in [1.29, 1.82) is 0 Å². The fourth-order valence-corrected chi connectivity index (χ4v) is 4.83. The molecule has 0 aliphatic carbocycles. The van der Waals surface area contributed by atoms with Gasteiger partial charge in [-0.2, -0.15) is 0 Å². The summed E-state index contributed by atoms with van der Waals surface area (Å²) < 4.78 is 25.6. The maximum Gasteiger partial charge on any atom is 0.251 e. The van der Waals surface area contributed by atoms with Crippen LogP contribution in [0.4, 0.5) is 5.69 Å². The minimum atomic E-state index is -3.25. The summed E-state index contributed by atoms with van der Waals surface area (Å²) in [6.45, 7) is 3.12. The van der Waals surface area contributed by atoms with Crippen LogP contribution in [-0.4, -0.2) is 33.2 Å². The van der Waals surface area contributed by atoms with E-state index < -0.39 is 10.0 Å². The summed E-state index contributed by atoms with van der Waals surface area (Å²) >= 11 is 0. The third-order valence-electron chi connectivity index (χ3n) is 4.77. The first-order valence-electron chi connectivity index (χ1n) is 8.95. The summed E-state index contributed by atoms with van der Waals surface area (Å²) in [5, 5.41) is 2.98. The van der Waals surface area contributed by atoms with Gasteiger partial charge in [-0.3, -0.25) is 9.10 Å². The zero-order valence-electron chi connectivity index (χ0n) is 14.9. The van der Waals surface area contributed by atoms with E-state index in [0.29, 0.717) is 30.8 Å². The quantitative estimate of drug-likeness (QED) is 0.847. The lowest BCUT2D eigenvalue weighted by Crippen LogP contribution is -2.29. The summed E-state index contributed by atoms with van der Waals surface area (Å²) in [6.07, 6.45) is 1.55. The molecule has 2 aromatic carbocycles. The van der Waals surface area contributed by atoms with Crippen LogP contribution < -0.4 is 9.62 Å². The van der Waals surface area contributed by atoms with Crippen molar-refractivity contribution in [3.05, 3.63) is 65.7 Å². The van der Waals surface area contributed by atoms with Crippen LogP contribution in [0.5, 0.6) is 0 Å². The highest BCUT2D eigenvalue weighted by Gasteiger charge is 2.28. The number of amides is 1. The number of sulfonamides is 1. The van der Waals surface area contributed by atoms with Crippen molar-refractivity contribution >= 4 is 21.6 Å². The molecule has 1 heterocycles. The van der Waals surface area contributed by atoms with E-state index in [-0.39, 0.29) is 17.6 Å². The number of hydrogen-bond acceptors (Lipinski definition) is 3. The Kier molecular flexibility index (Phi) is 5.61. The minimum Gasteiger partial charge on any atom is -0.351 e. The lowest BCUT2D eigenvalue weighted by atomic mass is 9.96. The molecule has 1 unspecified atom stereocenters. The van der Waals surface area contributed by atoms with Crippen LogP contribution >= 0.6 is 0 Å².